The minimum Gasteiger partial charge on any atom is -0.303 e. The number of unbranched alkanes of at least 4 members (excludes halogenated alkanes) is 1. The van der Waals surface area contributed by atoms with Crippen LogP contribution in [0.4, 0.5) is 0 Å². The van der Waals surface area contributed by atoms with Gasteiger partial charge in [-0.05, 0) is 37.3 Å². The maximum atomic E-state index is 2.59. The molecular weight excluding hydrogens is 194 g/mol. The smallest absolute Gasteiger partial charge is 0.000427 e. The van der Waals surface area contributed by atoms with Gasteiger partial charge in [0.15, 0.2) is 0 Å². The lowest BCUT2D eigenvalue weighted by atomic mass is 9.85. The predicted octanol–water partition coefficient (Wildman–Crippen LogP) is 4.57. The van der Waals surface area contributed by atoms with Crippen molar-refractivity contribution >= 4 is 0 Å². The van der Waals surface area contributed by atoms with Gasteiger partial charge < -0.3 is 4.90 Å². The second-order valence-corrected chi connectivity index (χ2v) is 6.26. The maximum absolute atomic E-state index is 2.59. The van der Waals surface area contributed by atoms with E-state index in [1.54, 1.807) is 0 Å². The van der Waals surface area contributed by atoms with Crippen molar-refractivity contribution in [1.29, 1.82) is 0 Å². The molecule has 0 atom stereocenters. The Labute approximate surface area is 104 Å². The average Bonchev–Trinajstić information content (AvgIpc) is 2.22. The molecular formula is C15H33N. The summed E-state index contributed by atoms with van der Waals surface area (Å²) < 4.78 is 0. The fourth-order valence-electron chi connectivity index (χ4n) is 2.01. The first-order chi connectivity index (χ1) is 7.41. The zero-order valence-corrected chi connectivity index (χ0v) is 12.5. The molecule has 0 bridgehead atoms. The third kappa shape index (κ3) is 8.15. The van der Waals surface area contributed by atoms with E-state index in [-0.39, 0.29) is 0 Å². The zero-order valence-electron chi connectivity index (χ0n) is 12.5. The first-order valence-corrected chi connectivity index (χ1v) is 7.13. The molecule has 16 heavy (non-hydrogen) atoms. The van der Waals surface area contributed by atoms with Gasteiger partial charge in [-0.2, -0.15) is 0 Å². The molecule has 0 aromatic carbocycles. The Bertz CT molecular complexity index is 161. The van der Waals surface area contributed by atoms with Crippen LogP contribution in [0.25, 0.3) is 0 Å². The first-order valence-electron chi connectivity index (χ1n) is 7.13. The van der Waals surface area contributed by atoms with Gasteiger partial charge in [-0.25, -0.2) is 0 Å². The SMILES string of the molecule is CCN(CCCCC(C)(C)CC)CC(C)C. The van der Waals surface area contributed by atoms with Crippen LogP contribution in [0.15, 0.2) is 0 Å². The van der Waals surface area contributed by atoms with Crippen molar-refractivity contribution in [3.05, 3.63) is 0 Å². The van der Waals surface area contributed by atoms with Crippen molar-refractivity contribution < 1.29 is 0 Å². The molecule has 0 aliphatic carbocycles. The highest BCUT2D eigenvalue weighted by molar-refractivity contribution is 4.67. The molecule has 0 radical (unpaired) electrons. The van der Waals surface area contributed by atoms with E-state index < -0.39 is 0 Å². The van der Waals surface area contributed by atoms with Gasteiger partial charge in [0, 0.05) is 6.54 Å². The van der Waals surface area contributed by atoms with Gasteiger partial charge in [0.1, 0.15) is 0 Å². The van der Waals surface area contributed by atoms with Crippen molar-refractivity contribution in [1.82, 2.24) is 4.90 Å². The van der Waals surface area contributed by atoms with Crippen LogP contribution in [-0.2, 0) is 0 Å². The Morgan fingerprint density at radius 1 is 1.06 bits per heavy atom. The number of rotatable bonds is 9. The van der Waals surface area contributed by atoms with Crippen LogP contribution in [0.3, 0.4) is 0 Å². The number of hydrogen-bond donors (Lipinski definition) is 0. The van der Waals surface area contributed by atoms with Crippen molar-refractivity contribution in [3.63, 3.8) is 0 Å². The van der Waals surface area contributed by atoms with Gasteiger partial charge in [-0.1, -0.05) is 54.4 Å². The van der Waals surface area contributed by atoms with Gasteiger partial charge in [0.2, 0.25) is 0 Å². The van der Waals surface area contributed by atoms with Crippen LogP contribution in [0.2, 0.25) is 0 Å². The molecule has 0 saturated carbocycles. The highest BCUT2D eigenvalue weighted by Crippen LogP contribution is 2.26. The molecule has 1 heteroatoms. The average molecular weight is 227 g/mol. The molecule has 0 spiro atoms. The van der Waals surface area contributed by atoms with E-state index >= 15 is 0 Å². The maximum Gasteiger partial charge on any atom is 0.000427 e. The van der Waals surface area contributed by atoms with Crippen LogP contribution in [0.5, 0.6) is 0 Å². The highest BCUT2D eigenvalue weighted by atomic mass is 15.1. The molecule has 0 aromatic rings. The summed E-state index contributed by atoms with van der Waals surface area (Å²) in [6.45, 7) is 17.7. The van der Waals surface area contributed by atoms with Crippen molar-refractivity contribution in [2.24, 2.45) is 11.3 Å². The summed E-state index contributed by atoms with van der Waals surface area (Å²) in [5.41, 5.74) is 0.551. The molecule has 0 N–H and O–H groups in total. The fourth-order valence-corrected chi connectivity index (χ4v) is 2.01. The van der Waals surface area contributed by atoms with Crippen LogP contribution in [0, 0.1) is 11.3 Å². The van der Waals surface area contributed by atoms with E-state index in [2.05, 4.69) is 46.4 Å². The van der Waals surface area contributed by atoms with Gasteiger partial charge in [0.05, 0.1) is 0 Å². The molecule has 0 unspecified atom stereocenters. The largest absolute Gasteiger partial charge is 0.303 e. The van der Waals surface area contributed by atoms with E-state index in [9.17, 15) is 0 Å². The predicted molar refractivity (Wildman–Crippen MR) is 74.9 cm³/mol. The summed E-state index contributed by atoms with van der Waals surface area (Å²) in [5.74, 6) is 0.798. The van der Waals surface area contributed by atoms with Gasteiger partial charge in [-0.15, -0.1) is 0 Å². The summed E-state index contributed by atoms with van der Waals surface area (Å²) in [4.78, 5) is 2.59. The molecule has 98 valence electrons. The summed E-state index contributed by atoms with van der Waals surface area (Å²) in [5, 5.41) is 0. The van der Waals surface area contributed by atoms with Crippen LogP contribution < -0.4 is 0 Å². The minimum absolute atomic E-state index is 0.551. The van der Waals surface area contributed by atoms with Crippen molar-refractivity contribution in [3.8, 4) is 0 Å². The summed E-state index contributed by atoms with van der Waals surface area (Å²) >= 11 is 0. The summed E-state index contributed by atoms with van der Waals surface area (Å²) in [7, 11) is 0. The number of hydrogen-bond acceptors (Lipinski definition) is 1. The molecule has 1 nitrogen and oxygen atoms in total. The van der Waals surface area contributed by atoms with Crippen LogP contribution in [0.1, 0.15) is 67.2 Å². The summed E-state index contributed by atoms with van der Waals surface area (Å²) in [6.07, 6.45) is 5.43. The van der Waals surface area contributed by atoms with Gasteiger partial charge >= 0.3 is 0 Å². The van der Waals surface area contributed by atoms with E-state index in [1.807, 2.05) is 0 Å². The molecule has 0 amide bonds. The Morgan fingerprint density at radius 3 is 2.12 bits per heavy atom. The van der Waals surface area contributed by atoms with Crippen molar-refractivity contribution in [2.75, 3.05) is 19.6 Å². The second-order valence-electron chi connectivity index (χ2n) is 6.26. The fraction of sp³-hybridized carbons (Fsp3) is 1.00. The Hall–Kier alpha value is -0.0400. The molecule has 0 fully saturated rings. The van der Waals surface area contributed by atoms with E-state index in [0.29, 0.717) is 5.41 Å². The Kier molecular flexibility index (Phi) is 8.09. The third-order valence-electron chi connectivity index (χ3n) is 3.61. The van der Waals surface area contributed by atoms with Gasteiger partial charge in [0.25, 0.3) is 0 Å². The van der Waals surface area contributed by atoms with Gasteiger partial charge in [-0.3, -0.25) is 0 Å². The lowest BCUT2D eigenvalue weighted by molar-refractivity contribution is 0.239. The van der Waals surface area contributed by atoms with E-state index in [4.69, 9.17) is 0 Å². The number of nitrogens with zero attached hydrogens (tertiary/aromatic N) is 1. The molecule has 0 aromatic heterocycles. The highest BCUT2D eigenvalue weighted by Gasteiger charge is 2.14. The van der Waals surface area contributed by atoms with E-state index in [0.717, 1.165) is 5.92 Å². The standard InChI is InChI=1S/C15H33N/c1-7-15(5,6)11-9-10-12-16(8-2)13-14(3)4/h14H,7-13H2,1-6H3. The minimum atomic E-state index is 0.551. The van der Waals surface area contributed by atoms with Crippen molar-refractivity contribution in [2.45, 2.75) is 67.2 Å². The van der Waals surface area contributed by atoms with Crippen LogP contribution in [-0.4, -0.2) is 24.5 Å². The second kappa shape index (κ2) is 8.11. The topological polar surface area (TPSA) is 3.24 Å². The monoisotopic (exact) mass is 227 g/mol. The summed E-state index contributed by atoms with van der Waals surface area (Å²) in [6, 6.07) is 0. The van der Waals surface area contributed by atoms with E-state index in [1.165, 1.54) is 45.3 Å². The molecule has 0 heterocycles. The Balaban J connectivity index is 3.63. The lowest BCUT2D eigenvalue weighted by Gasteiger charge is -2.25. The molecule has 0 aliphatic rings. The zero-order chi connectivity index (χ0) is 12.6. The molecule has 0 rings (SSSR count). The third-order valence-corrected chi connectivity index (χ3v) is 3.61. The normalized spacial score (nSPS) is 12.8. The molecule has 0 aliphatic heterocycles. The Morgan fingerprint density at radius 2 is 1.69 bits per heavy atom. The molecule has 0 saturated heterocycles. The lowest BCUT2D eigenvalue weighted by Crippen LogP contribution is -2.28. The quantitative estimate of drug-likeness (QED) is 0.522. The van der Waals surface area contributed by atoms with Crippen LogP contribution >= 0.6 is 0 Å². The first kappa shape index (κ1) is 16.0.